The van der Waals surface area contributed by atoms with Gasteiger partial charge in [0.15, 0.2) is 28.2 Å². The van der Waals surface area contributed by atoms with Crippen LogP contribution in [0.1, 0.15) is 5.56 Å². The van der Waals surface area contributed by atoms with Gasteiger partial charge in [-0.15, -0.1) is 0 Å². The maximum Gasteiger partial charge on any atom is 0.267 e. The van der Waals surface area contributed by atoms with Crippen LogP contribution in [0.5, 0.6) is 0 Å². The summed E-state index contributed by atoms with van der Waals surface area (Å²) in [6.45, 7) is 0.797. The van der Waals surface area contributed by atoms with Crippen molar-refractivity contribution in [2.24, 2.45) is 0 Å². The number of anilines is 1. The Morgan fingerprint density at radius 3 is 2.17 bits per heavy atom. The van der Waals surface area contributed by atoms with Crippen LogP contribution in [0.4, 0.5) is 28.0 Å². The van der Waals surface area contributed by atoms with Crippen molar-refractivity contribution in [2.45, 2.75) is 11.8 Å². The van der Waals surface area contributed by atoms with Gasteiger partial charge in [0.25, 0.3) is 10.0 Å². The molecule has 0 heterocycles. The van der Waals surface area contributed by atoms with Gasteiger partial charge in [0.1, 0.15) is 0 Å². The van der Waals surface area contributed by atoms with Gasteiger partial charge in [-0.05, 0) is 25.1 Å². The van der Waals surface area contributed by atoms with E-state index in [2.05, 4.69) is 0 Å². The predicted octanol–water partition coefficient (Wildman–Crippen LogP) is 4.16. The minimum atomic E-state index is -4.82. The van der Waals surface area contributed by atoms with Crippen molar-refractivity contribution in [1.29, 1.82) is 0 Å². The van der Waals surface area contributed by atoms with E-state index in [4.69, 9.17) is 11.6 Å². The second-order valence-corrected chi connectivity index (χ2v) is 6.38. The Morgan fingerprint density at radius 1 is 1.00 bits per heavy atom. The molecule has 3 nitrogen and oxygen atoms in total. The number of nitrogens with one attached hydrogen (secondary N) is 1. The number of rotatable bonds is 3. The van der Waals surface area contributed by atoms with Gasteiger partial charge in [0.2, 0.25) is 0 Å². The first-order valence-electron chi connectivity index (χ1n) is 5.76. The Balaban J connectivity index is 0.00000264. The highest BCUT2D eigenvalue weighted by Crippen LogP contribution is 2.29. The summed E-state index contributed by atoms with van der Waals surface area (Å²) in [4.78, 5) is -1.59. The van der Waals surface area contributed by atoms with Crippen molar-refractivity contribution in [2.75, 3.05) is 4.72 Å². The fourth-order valence-corrected chi connectivity index (χ4v) is 3.16. The van der Waals surface area contributed by atoms with Crippen molar-refractivity contribution >= 4 is 27.3 Å². The number of hydrogen-bond donors (Lipinski definition) is 1. The Labute approximate surface area is 133 Å². The van der Waals surface area contributed by atoms with Gasteiger partial charge in [-0.3, -0.25) is 9.43 Å². The van der Waals surface area contributed by atoms with Crippen molar-refractivity contribution < 1.29 is 30.7 Å². The van der Waals surface area contributed by atoms with E-state index in [1.54, 1.807) is 0 Å². The van der Waals surface area contributed by atoms with Gasteiger partial charge in [-0.25, -0.2) is 26.0 Å². The van der Waals surface area contributed by atoms with Crippen molar-refractivity contribution in [3.63, 3.8) is 0 Å². The summed E-state index contributed by atoms with van der Waals surface area (Å²) in [7, 11) is -4.82. The molecule has 0 radical (unpaired) electrons. The zero-order valence-electron chi connectivity index (χ0n) is 11.3. The Morgan fingerprint density at radius 2 is 1.61 bits per heavy atom. The topological polar surface area (TPSA) is 46.2 Å². The van der Waals surface area contributed by atoms with Gasteiger partial charge >= 0.3 is 0 Å². The molecule has 0 aliphatic rings. The molecule has 0 aromatic heterocycles. The molecule has 0 bridgehead atoms. The molecular formula is C13H9ClF5NO2S. The van der Waals surface area contributed by atoms with E-state index in [9.17, 15) is 26.0 Å². The predicted molar refractivity (Wildman–Crippen MR) is 75.8 cm³/mol. The highest BCUT2D eigenvalue weighted by Gasteiger charge is 2.31. The zero-order valence-corrected chi connectivity index (χ0v) is 12.9. The molecule has 0 atom stereocenters. The molecule has 0 aliphatic carbocycles. The van der Waals surface area contributed by atoms with E-state index in [-0.39, 0.29) is 15.4 Å². The molecule has 0 aliphatic heterocycles. The molecule has 126 valence electrons. The molecule has 0 amide bonds. The second kappa shape index (κ2) is 6.71. The summed E-state index contributed by atoms with van der Waals surface area (Å²) in [5.74, 6) is -7.68. The van der Waals surface area contributed by atoms with Gasteiger partial charge < -0.3 is 0 Å². The first-order chi connectivity index (χ1) is 10.1. The Bertz CT molecular complexity index is 829. The Kier molecular flexibility index (Phi) is 5.60. The molecule has 2 rings (SSSR count). The van der Waals surface area contributed by atoms with Crippen molar-refractivity contribution in [1.82, 2.24) is 0 Å². The van der Waals surface area contributed by atoms with Crippen LogP contribution in [0, 0.1) is 30.2 Å². The molecule has 1 N–H and O–H groups in total. The third-order valence-corrected chi connectivity index (χ3v) is 4.42. The lowest BCUT2D eigenvalue weighted by Gasteiger charge is -2.12. The van der Waals surface area contributed by atoms with Gasteiger partial charge in [0.05, 0.1) is 5.69 Å². The molecule has 0 saturated heterocycles. The van der Waals surface area contributed by atoms with Crippen LogP contribution in [0.25, 0.3) is 0 Å². The van der Waals surface area contributed by atoms with Crippen LogP contribution in [0.2, 0.25) is 5.02 Å². The maximum absolute atomic E-state index is 13.9. The Hall–Kier alpha value is -1.87. The monoisotopic (exact) mass is 373 g/mol. The van der Waals surface area contributed by atoms with Gasteiger partial charge in [-0.2, -0.15) is 0 Å². The van der Waals surface area contributed by atoms with Gasteiger partial charge in [-0.1, -0.05) is 17.7 Å². The summed E-state index contributed by atoms with van der Waals surface area (Å²) < 4.78 is 80.1. The fraction of sp³-hybridized carbons (Fsp3) is 0.0769. The molecule has 23 heavy (non-hydrogen) atoms. The smallest absolute Gasteiger partial charge is 0.267 e. The van der Waals surface area contributed by atoms with Crippen LogP contribution in [0.15, 0.2) is 29.2 Å². The lowest BCUT2D eigenvalue weighted by atomic mass is 10.2. The molecule has 0 unspecified atom stereocenters. The number of sulfonamides is 1. The van der Waals surface area contributed by atoms with Crippen molar-refractivity contribution in [3.05, 3.63) is 58.1 Å². The SMILES string of the molecule is Cc1c(F)c(F)c(F)c(S(=O)(=O)Nc2cccc(Cl)c2)c1F.F. The van der Waals surface area contributed by atoms with Gasteiger partial charge in [0, 0.05) is 10.6 Å². The third kappa shape index (κ3) is 3.56. The molecule has 0 spiro atoms. The molecule has 0 fully saturated rings. The van der Waals surface area contributed by atoms with Crippen LogP contribution >= 0.6 is 11.6 Å². The summed E-state index contributed by atoms with van der Waals surface area (Å²) in [5, 5.41) is 0.169. The standard InChI is InChI=1S/C13H8ClF4NO2S.FH/c1-6-9(15)11(17)12(18)13(10(6)16)22(20,21)19-8-4-2-3-7(14)5-8;/h2-5,19H,1H3;1H. The quantitative estimate of drug-likeness (QED) is 0.499. The van der Waals surface area contributed by atoms with Crippen LogP contribution in [-0.2, 0) is 10.0 Å². The lowest BCUT2D eigenvalue weighted by Crippen LogP contribution is -2.19. The normalized spacial score (nSPS) is 11.0. The minimum Gasteiger partial charge on any atom is -0.279 e. The summed E-state index contributed by atoms with van der Waals surface area (Å²) >= 11 is 5.66. The number of hydrogen-bond acceptors (Lipinski definition) is 2. The molecular weight excluding hydrogens is 365 g/mol. The highest BCUT2D eigenvalue weighted by molar-refractivity contribution is 7.92. The second-order valence-electron chi connectivity index (χ2n) is 4.33. The summed E-state index contributed by atoms with van der Waals surface area (Å²) in [6, 6.07) is 5.29. The minimum absolute atomic E-state index is 0. The molecule has 2 aromatic carbocycles. The van der Waals surface area contributed by atoms with Crippen LogP contribution < -0.4 is 4.72 Å². The molecule has 0 saturated carbocycles. The van der Waals surface area contributed by atoms with E-state index in [0.29, 0.717) is 0 Å². The molecule has 10 heteroatoms. The maximum atomic E-state index is 13.9. The van der Waals surface area contributed by atoms with E-state index in [1.807, 2.05) is 4.72 Å². The third-order valence-electron chi connectivity index (χ3n) is 2.79. The van der Waals surface area contributed by atoms with E-state index in [1.165, 1.54) is 24.3 Å². The highest BCUT2D eigenvalue weighted by atomic mass is 35.5. The average molecular weight is 374 g/mol. The van der Waals surface area contributed by atoms with E-state index >= 15 is 0 Å². The number of halogens is 6. The van der Waals surface area contributed by atoms with E-state index in [0.717, 1.165) is 6.92 Å². The fourth-order valence-electron chi connectivity index (χ4n) is 1.72. The lowest BCUT2D eigenvalue weighted by molar-refractivity contribution is 0.405. The summed E-state index contributed by atoms with van der Waals surface area (Å²) in [6.07, 6.45) is 0. The van der Waals surface area contributed by atoms with E-state index < -0.39 is 43.8 Å². The van der Waals surface area contributed by atoms with Crippen LogP contribution in [-0.4, -0.2) is 8.42 Å². The first kappa shape index (κ1) is 19.2. The molecule has 2 aromatic rings. The average Bonchev–Trinajstić information content (AvgIpc) is 2.42. The largest absolute Gasteiger partial charge is 0.279 e. The van der Waals surface area contributed by atoms with Crippen molar-refractivity contribution in [3.8, 4) is 0 Å². The first-order valence-corrected chi connectivity index (χ1v) is 7.62. The van der Waals surface area contributed by atoms with Crippen LogP contribution in [0.3, 0.4) is 0 Å². The summed E-state index contributed by atoms with van der Waals surface area (Å²) in [5.41, 5.74) is -1.03. The number of benzene rings is 2. The zero-order chi connectivity index (χ0) is 16.7.